The molecule has 0 atom stereocenters. The Morgan fingerprint density at radius 2 is 1.81 bits per heavy atom. The van der Waals surface area contributed by atoms with Gasteiger partial charge in [0.1, 0.15) is 17.5 Å². The van der Waals surface area contributed by atoms with Gasteiger partial charge in [-0.05, 0) is 55.3 Å². The van der Waals surface area contributed by atoms with Crippen LogP contribution in [0, 0.1) is 11.3 Å². The van der Waals surface area contributed by atoms with Gasteiger partial charge in [0.25, 0.3) is 0 Å². The molecule has 1 N–H and O–H groups in total. The van der Waals surface area contributed by atoms with E-state index in [0.29, 0.717) is 22.9 Å². The molecule has 2 aromatic carbocycles. The zero-order valence-corrected chi connectivity index (χ0v) is 16.5. The molecular formula is C21H17BrN4O. The Morgan fingerprint density at radius 3 is 2.44 bits per heavy atom. The zero-order valence-electron chi connectivity index (χ0n) is 14.9. The molecule has 0 spiro atoms. The van der Waals surface area contributed by atoms with Gasteiger partial charge < -0.3 is 5.11 Å². The van der Waals surface area contributed by atoms with E-state index in [9.17, 15) is 10.4 Å². The van der Waals surface area contributed by atoms with E-state index in [1.165, 1.54) is 4.68 Å². The lowest BCUT2D eigenvalue weighted by atomic mass is 10.2. The van der Waals surface area contributed by atoms with E-state index < -0.39 is 0 Å². The summed E-state index contributed by atoms with van der Waals surface area (Å²) in [5.41, 5.74) is 2.73. The van der Waals surface area contributed by atoms with E-state index in [1.54, 1.807) is 30.3 Å². The first kappa shape index (κ1) is 18.6. The monoisotopic (exact) mass is 420 g/mol. The van der Waals surface area contributed by atoms with Crippen LogP contribution in [0.25, 0.3) is 29.2 Å². The third-order valence-electron chi connectivity index (χ3n) is 3.86. The number of halogens is 1. The van der Waals surface area contributed by atoms with E-state index in [0.717, 1.165) is 15.6 Å². The van der Waals surface area contributed by atoms with Crippen molar-refractivity contribution in [2.75, 3.05) is 0 Å². The van der Waals surface area contributed by atoms with Gasteiger partial charge >= 0.3 is 0 Å². The standard InChI is InChI=1S/C21H17BrN4O/c1-14(2)18(13-23)26-20(12-9-15-7-10-16(22)11-8-15)24-21(25-26)17-5-3-4-6-19(17)27/h3-12,27H,1-2H3. The molecule has 3 aromatic rings. The van der Waals surface area contributed by atoms with Gasteiger partial charge in [0, 0.05) is 4.47 Å². The highest BCUT2D eigenvalue weighted by atomic mass is 79.9. The average molecular weight is 421 g/mol. The van der Waals surface area contributed by atoms with Crippen LogP contribution in [0.3, 0.4) is 0 Å². The van der Waals surface area contributed by atoms with Gasteiger partial charge in [-0.1, -0.05) is 46.3 Å². The molecule has 6 heteroatoms. The fourth-order valence-corrected chi connectivity index (χ4v) is 2.75. The minimum absolute atomic E-state index is 0.0915. The highest BCUT2D eigenvalue weighted by Crippen LogP contribution is 2.27. The van der Waals surface area contributed by atoms with E-state index >= 15 is 0 Å². The molecule has 3 rings (SSSR count). The molecule has 0 amide bonds. The van der Waals surface area contributed by atoms with Crippen molar-refractivity contribution in [1.29, 1.82) is 5.26 Å². The zero-order chi connectivity index (χ0) is 19.4. The maximum atomic E-state index is 10.1. The van der Waals surface area contributed by atoms with Gasteiger partial charge in [0.15, 0.2) is 11.6 Å². The Morgan fingerprint density at radius 1 is 1.11 bits per heavy atom. The van der Waals surface area contributed by atoms with E-state index in [1.807, 2.05) is 44.2 Å². The van der Waals surface area contributed by atoms with Crippen LogP contribution in [0.5, 0.6) is 5.75 Å². The van der Waals surface area contributed by atoms with Gasteiger partial charge in [-0.15, -0.1) is 5.10 Å². The minimum Gasteiger partial charge on any atom is -0.507 e. The lowest BCUT2D eigenvalue weighted by molar-refractivity contribution is 0.477. The van der Waals surface area contributed by atoms with Crippen molar-refractivity contribution in [3.05, 3.63) is 70.0 Å². The maximum absolute atomic E-state index is 10.1. The van der Waals surface area contributed by atoms with E-state index in [-0.39, 0.29) is 5.75 Å². The molecule has 0 saturated carbocycles. The van der Waals surface area contributed by atoms with Crippen LogP contribution in [-0.4, -0.2) is 19.9 Å². The largest absolute Gasteiger partial charge is 0.507 e. The number of aromatic hydroxyl groups is 1. The lowest BCUT2D eigenvalue weighted by Crippen LogP contribution is -2.02. The third-order valence-corrected chi connectivity index (χ3v) is 4.39. The fourth-order valence-electron chi connectivity index (χ4n) is 2.49. The van der Waals surface area contributed by atoms with Gasteiger partial charge in [-0.25, -0.2) is 9.67 Å². The summed E-state index contributed by atoms with van der Waals surface area (Å²) in [5, 5.41) is 24.1. The highest BCUT2D eigenvalue weighted by Gasteiger charge is 2.16. The predicted octanol–water partition coefficient (Wildman–Crippen LogP) is 5.36. The first-order valence-corrected chi connectivity index (χ1v) is 9.06. The number of phenols is 1. The molecule has 0 aliphatic heterocycles. The SMILES string of the molecule is CC(C)=C(C#N)n1nc(-c2ccccc2O)nc1C=Cc1ccc(Br)cc1. The van der Waals surface area contributed by atoms with Crippen molar-refractivity contribution in [3.63, 3.8) is 0 Å². The third kappa shape index (κ3) is 4.15. The molecule has 27 heavy (non-hydrogen) atoms. The van der Waals surface area contributed by atoms with Crippen LogP contribution >= 0.6 is 15.9 Å². The summed E-state index contributed by atoms with van der Waals surface area (Å²) >= 11 is 3.42. The second-order valence-electron chi connectivity index (χ2n) is 6.07. The molecule has 0 unspecified atom stereocenters. The van der Waals surface area contributed by atoms with E-state index in [4.69, 9.17) is 0 Å². The number of allylic oxidation sites excluding steroid dienone is 2. The Hall–Kier alpha value is -3.17. The highest BCUT2D eigenvalue weighted by molar-refractivity contribution is 9.10. The van der Waals surface area contributed by atoms with Crippen LogP contribution in [0.1, 0.15) is 25.2 Å². The van der Waals surface area contributed by atoms with Crippen molar-refractivity contribution in [1.82, 2.24) is 14.8 Å². The van der Waals surface area contributed by atoms with Gasteiger partial charge in [-0.3, -0.25) is 0 Å². The summed E-state index contributed by atoms with van der Waals surface area (Å²) in [6.45, 7) is 3.70. The van der Waals surface area contributed by atoms with E-state index in [2.05, 4.69) is 32.1 Å². The number of nitriles is 1. The molecule has 0 saturated heterocycles. The molecule has 134 valence electrons. The van der Waals surface area contributed by atoms with Crippen molar-refractivity contribution in [2.45, 2.75) is 13.8 Å². The Kier molecular flexibility index (Phi) is 5.53. The topological polar surface area (TPSA) is 74.7 Å². The molecule has 0 radical (unpaired) electrons. The smallest absolute Gasteiger partial charge is 0.185 e. The first-order chi connectivity index (χ1) is 13.0. The van der Waals surface area contributed by atoms with Gasteiger partial charge in [-0.2, -0.15) is 5.26 Å². The number of aromatic nitrogens is 3. The Labute approximate surface area is 166 Å². The van der Waals surface area contributed by atoms with Gasteiger partial charge in [0.2, 0.25) is 0 Å². The quantitative estimate of drug-likeness (QED) is 0.576. The minimum atomic E-state index is 0.0915. The molecule has 0 fully saturated rings. The number of nitrogens with zero attached hydrogens (tertiary/aromatic N) is 4. The van der Waals surface area contributed by atoms with Crippen LogP contribution in [0.4, 0.5) is 0 Å². The maximum Gasteiger partial charge on any atom is 0.185 e. The van der Waals surface area contributed by atoms with Crippen LogP contribution in [0.15, 0.2) is 58.6 Å². The van der Waals surface area contributed by atoms with Crippen molar-refractivity contribution in [2.24, 2.45) is 0 Å². The normalized spacial score (nSPS) is 10.7. The molecule has 1 heterocycles. The van der Waals surface area contributed by atoms with Crippen LogP contribution in [-0.2, 0) is 0 Å². The molecule has 1 aromatic heterocycles. The predicted molar refractivity (Wildman–Crippen MR) is 110 cm³/mol. The fraction of sp³-hybridized carbons (Fsp3) is 0.0952. The summed E-state index contributed by atoms with van der Waals surface area (Å²) < 4.78 is 2.51. The lowest BCUT2D eigenvalue weighted by Gasteiger charge is -2.03. The summed E-state index contributed by atoms with van der Waals surface area (Å²) in [4.78, 5) is 4.54. The number of benzene rings is 2. The number of hydrogen-bond donors (Lipinski definition) is 1. The van der Waals surface area contributed by atoms with Crippen molar-refractivity contribution in [3.8, 4) is 23.2 Å². The summed E-state index contributed by atoms with van der Waals surface area (Å²) in [7, 11) is 0. The average Bonchev–Trinajstić information content (AvgIpc) is 3.05. The summed E-state index contributed by atoms with van der Waals surface area (Å²) in [6.07, 6.45) is 3.71. The second-order valence-corrected chi connectivity index (χ2v) is 6.98. The van der Waals surface area contributed by atoms with Crippen molar-refractivity contribution < 1.29 is 5.11 Å². The van der Waals surface area contributed by atoms with Crippen molar-refractivity contribution >= 4 is 33.8 Å². The van der Waals surface area contributed by atoms with Crippen LogP contribution < -0.4 is 0 Å². The molecule has 0 bridgehead atoms. The Bertz CT molecular complexity index is 1070. The van der Waals surface area contributed by atoms with Gasteiger partial charge in [0.05, 0.1) is 5.56 Å². The molecule has 5 nitrogen and oxygen atoms in total. The summed E-state index contributed by atoms with van der Waals surface area (Å²) in [5.74, 6) is 0.959. The summed E-state index contributed by atoms with van der Waals surface area (Å²) in [6, 6.07) is 16.9. The molecule has 0 aliphatic rings. The van der Waals surface area contributed by atoms with Crippen LogP contribution in [0.2, 0.25) is 0 Å². The number of rotatable bonds is 4. The number of hydrogen-bond acceptors (Lipinski definition) is 4. The number of phenolic OH excluding ortho intramolecular Hbond substituents is 1. The second kappa shape index (κ2) is 8.02. The number of para-hydroxylation sites is 1. The Balaban J connectivity index is 2.11. The molecular weight excluding hydrogens is 404 g/mol. The first-order valence-electron chi connectivity index (χ1n) is 8.26. The molecule has 0 aliphatic carbocycles.